The smallest absolute Gasteiger partial charge is 0.409 e. The Labute approximate surface area is 527 Å². The van der Waals surface area contributed by atoms with E-state index in [1.807, 2.05) is 26.8 Å². The number of rotatable bonds is 29. The number of fused-ring (bicyclic) bond motifs is 5. The van der Waals surface area contributed by atoms with Gasteiger partial charge < -0.3 is 67.7 Å². The van der Waals surface area contributed by atoms with E-state index in [0.29, 0.717) is 22.9 Å². The molecule has 4 saturated heterocycles. The van der Waals surface area contributed by atoms with Crippen LogP contribution in [0, 0.1) is 5.92 Å². The van der Waals surface area contributed by atoms with Crippen LogP contribution in [0.4, 0.5) is 10.5 Å². The van der Waals surface area contributed by atoms with Gasteiger partial charge in [0.15, 0.2) is 5.72 Å². The summed E-state index contributed by atoms with van der Waals surface area (Å²) in [5, 5.41) is 17.0. The summed E-state index contributed by atoms with van der Waals surface area (Å²) < 4.78 is 50.5. The molecule has 6 rings (SSSR count). The lowest BCUT2D eigenvalue weighted by molar-refractivity contribution is -0.198. The number of epoxide rings is 1. The Balaban J connectivity index is 0.929. The van der Waals surface area contributed by atoms with Crippen LogP contribution in [0.3, 0.4) is 0 Å². The van der Waals surface area contributed by atoms with Gasteiger partial charge in [0.1, 0.15) is 40.7 Å². The maximum atomic E-state index is 14.4. The van der Waals surface area contributed by atoms with Crippen molar-refractivity contribution < 1.29 is 101 Å². The van der Waals surface area contributed by atoms with E-state index in [0.717, 1.165) is 16.0 Å². The number of methoxy groups -OCH3 is 2. The molecule has 1 aromatic carbocycles. The summed E-state index contributed by atoms with van der Waals surface area (Å²) in [4.78, 5) is 138. The van der Waals surface area contributed by atoms with Gasteiger partial charge in [-0.05, 0) is 51.3 Å². The molecule has 494 valence electrons. The Hall–Kier alpha value is -6.24. The van der Waals surface area contributed by atoms with E-state index in [-0.39, 0.29) is 128 Å². The van der Waals surface area contributed by atoms with Gasteiger partial charge in [0.25, 0.3) is 11.8 Å². The molecule has 0 aromatic heterocycles. The number of likely N-dealkylation sites (N-methyl/N-ethyl adjacent to an activating group) is 1. The molecule has 4 fully saturated rings. The minimum Gasteiger partial charge on any atom is -0.495 e. The SMILES string of the molecule is COc1cc2cc(c1Cl)N(C)C(=O)C[C@H](OC(=O)[C@@H](C)N(C)C(=O)CCC(C)(C)SC1CC(=O)N(CCC(=O)NCCOCCOCCOCCOCCC(=O)ON3C(=O)CCC3=O)C1=O)[C@]1(C)O[C@H]1[C@H](C)[C@@H]1C[C@@](O)(NC(=O)O1)[C@H](OC)/C=C/C=C(\C)C2. The topological polar surface area (TPSA) is 324 Å². The van der Waals surface area contributed by atoms with Gasteiger partial charge in [-0.1, -0.05) is 56.2 Å². The van der Waals surface area contributed by atoms with Crippen molar-refractivity contribution in [2.45, 2.75) is 158 Å². The second-order valence-corrected chi connectivity index (χ2v) is 25.5. The van der Waals surface area contributed by atoms with Gasteiger partial charge in [-0.3, -0.25) is 43.8 Å². The summed E-state index contributed by atoms with van der Waals surface area (Å²) in [6.07, 6.45) is 0.129. The van der Waals surface area contributed by atoms with Gasteiger partial charge in [0, 0.05) is 83.5 Å². The fourth-order valence-corrected chi connectivity index (χ4v) is 12.3. The van der Waals surface area contributed by atoms with Crippen LogP contribution in [0.15, 0.2) is 35.9 Å². The number of imide groups is 2. The van der Waals surface area contributed by atoms with Crippen molar-refractivity contribution in [3.05, 3.63) is 46.5 Å². The molecule has 3 N–H and O–H groups in total. The van der Waals surface area contributed by atoms with E-state index >= 15 is 0 Å². The monoisotopic (exact) mass is 1290 g/mol. The predicted octanol–water partition coefficient (Wildman–Crippen LogP) is 3.50. The second-order valence-electron chi connectivity index (χ2n) is 23.2. The third-order valence-electron chi connectivity index (χ3n) is 16.0. The number of likely N-dealkylation sites (tertiary alicyclic amines) is 1. The van der Waals surface area contributed by atoms with Crippen molar-refractivity contribution in [3.8, 4) is 5.75 Å². The number of nitrogens with one attached hydrogen (secondary N) is 2. The number of hydrogen-bond donors (Lipinski definition) is 3. The van der Waals surface area contributed by atoms with E-state index in [4.69, 9.17) is 59.1 Å². The molecule has 5 aliphatic rings. The fourth-order valence-electron chi connectivity index (χ4n) is 10.5. The minimum absolute atomic E-state index is 0.0151. The van der Waals surface area contributed by atoms with Crippen LogP contribution in [0.25, 0.3) is 0 Å². The summed E-state index contributed by atoms with van der Waals surface area (Å²) in [6.45, 7) is 12.4. The number of allylic oxidation sites excluding steroid dienone is 3. The average Bonchev–Trinajstić information content (AvgIpc) is 1.60. The van der Waals surface area contributed by atoms with Gasteiger partial charge in [0.05, 0.1) is 89.8 Å². The number of alkyl carbamates (subject to hydrolysis) is 1. The molecule has 0 radical (unpaired) electrons. The van der Waals surface area contributed by atoms with Crippen LogP contribution < -0.4 is 20.3 Å². The number of carbonyl (C=O) groups excluding carboxylic acids is 10. The van der Waals surface area contributed by atoms with Gasteiger partial charge >= 0.3 is 18.0 Å². The first kappa shape index (κ1) is 71.8. The molecule has 9 atom stereocenters. The first-order valence-electron chi connectivity index (χ1n) is 29.6. The predicted molar refractivity (Wildman–Crippen MR) is 320 cm³/mol. The van der Waals surface area contributed by atoms with Crippen LogP contribution >= 0.6 is 23.4 Å². The standard InChI is InChI=1S/C60H85ClN6O21S/c1-36-12-11-13-44(80-10)60(78)35-42(85-57(77)63-60)37(2)54-59(6,87-54)45(34-50(72)65(8)40-31-39(30-36)32-41(79-9)53(40)61)86-56(76)38(3)64(7)47(69)16-19-58(4,5)89-43-33-51(73)66(55(43)75)21-17-46(68)62-20-23-82-25-27-84-29-28-83-26-24-81-22-18-52(74)88-67-48(70)14-15-49(67)71/h11-13,31-32,37-38,42-45,54,78H,14-30,33-35H2,1-10H3,(H,62,68)(H,63,77)/b13-11+,36-12+/t37-,38-,42+,43?,44-,45+,54+,59+,60+/m1/s1. The number of carbonyl (C=O) groups is 10. The third kappa shape index (κ3) is 19.9. The van der Waals surface area contributed by atoms with Crippen molar-refractivity contribution in [3.63, 3.8) is 0 Å². The molecule has 89 heavy (non-hydrogen) atoms. The molecule has 0 saturated carbocycles. The molecule has 1 unspecified atom stereocenters. The number of esters is 1. The highest BCUT2D eigenvalue weighted by molar-refractivity contribution is 8.02. The van der Waals surface area contributed by atoms with Crippen molar-refractivity contribution in [2.24, 2.45) is 5.92 Å². The van der Waals surface area contributed by atoms with E-state index in [2.05, 4.69) is 10.6 Å². The van der Waals surface area contributed by atoms with Gasteiger partial charge in [-0.2, -0.15) is 0 Å². The summed E-state index contributed by atoms with van der Waals surface area (Å²) in [6, 6.07) is 2.36. The zero-order chi connectivity index (χ0) is 65.4. The zero-order valence-corrected chi connectivity index (χ0v) is 53.8. The molecule has 4 bridgehead atoms. The molecular weight excluding hydrogens is 1210 g/mol. The number of anilines is 1. The third-order valence-corrected chi connectivity index (χ3v) is 17.9. The van der Waals surface area contributed by atoms with Crippen LogP contribution in [-0.4, -0.2) is 225 Å². The Kier molecular flexibility index (Phi) is 26.4. The van der Waals surface area contributed by atoms with E-state index in [1.54, 1.807) is 38.1 Å². The Bertz CT molecular complexity index is 2810. The van der Waals surface area contributed by atoms with Crippen molar-refractivity contribution in [2.75, 3.05) is 99.2 Å². The Morgan fingerprint density at radius 3 is 2.19 bits per heavy atom. The number of nitrogens with zero attached hydrogens (tertiary/aromatic N) is 4. The lowest BCUT2D eigenvalue weighted by atomic mass is 9.83. The van der Waals surface area contributed by atoms with Gasteiger partial charge in [-0.25, -0.2) is 14.4 Å². The van der Waals surface area contributed by atoms with E-state index in [9.17, 15) is 53.1 Å². The van der Waals surface area contributed by atoms with Gasteiger partial charge in [0.2, 0.25) is 29.5 Å². The molecule has 0 aliphatic carbocycles. The van der Waals surface area contributed by atoms with Crippen molar-refractivity contribution >= 4 is 88.4 Å². The normalized spacial score (nSPS) is 26.2. The average molecular weight is 1290 g/mol. The first-order valence-corrected chi connectivity index (χ1v) is 30.9. The van der Waals surface area contributed by atoms with Crippen LogP contribution in [0.5, 0.6) is 5.75 Å². The molecule has 8 amide bonds. The minimum atomic E-state index is -1.90. The highest BCUT2D eigenvalue weighted by Crippen LogP contribution is 2.49. The van der Waals surface area contributed by atoms with Crippen LogP contribution in [0.1, 0.15) is 105 Å². The lowest BCUT2D eigenvalue weighted by Gasteiger charge is -2.42. The summed E-state index contributed by atoms with van der Waals surface area (Å²) >= 11 is 8.09. The highest BCUT2D eigenvalue weighted by atomic mass is 35.5. The fraction of sp³-hybridized carbons (Fsp3) is 0.667. The number of amides is 8. The molecule has 29 heteroatoms. The maximum Gasteiger partial charge on any atom is 0.409 e. The quantitative estimate of drug-likeness (QED) is 0.0447. The van der Waals surface area contributed by atoms with Crippen LogP contribution in [-0.2, 0) is 92.3 Å². The largest absolute Gasteiger partial charge is 0.495 e. The highest BCUT2D eigenvalue weighted by Gasteiger charge is 2.64. The van der Waals surface area contributed by atoms with E-state index in [1.165, 1.54) is 56.8 Å². The number of ether oxygens (including phenoxy) is 9. The summed E-state index contributed by atoms with van der Waals surface area (Å²) in [5.74, 6) is -5.14. The molecule has 5 heterocycles. The molecule has 0 spiro atoms. The second kappa shape index (κ2) is 32.7. The molecule has 27 nitrogen and oxygen atoms in total. The number of aliphatic hydroxyl groups is 1. The number of thioether (sulfide) groups is 1. The van der Waals surface area contributed by atoms with Crippen molar-refractivity contribution in [1.29, 1.82) is 0 Å². The Morgan fingerprint density at radius 2 is 1.55 bits per heavy atom. The van der Waals surface area contributed by atoms with Crippen molar-refractivity contribution in [1.82, 2.24) is 25.5 Å². The number of halogens is 1. The first-order chi connectivity index (χ1) is 42.1. The Morgan fingerprint density at radius 1 is 0.910 bits per heavy atom. The van der Waals surface area contributed by atoms with E-state index < -0.39 is 118 Å². The number of hydrogen-bond acceptors (Lipinski definition) is 22. The number of hydroxylamine groups is 2. The summed E-state index contributed by atoms with van der Waals surface area (Å²) in [7, 11) is 5.86. The van der Waals surface area contributed by atoms with Gasteiger partial charge in [-0.15, -0.1) is 16.8 Å². The molecular formula is C60H85ClN6O21S. The molecule has 1 aromatic rings. The van der Waals surface area contributed by atoms with Crippen LogP contribution in [0.2, 0.25) is 5.02 Å². The lowest BCUT2D eigenvalue weighted by Crippen LogP contribution is -2.63. The molecule has 5 aliphatic heterocycles. The number of benzene rings is 1. The maximum absolute atomic E-state index is 14.4. The zero-order valence-electron chi connectivity index (χ0n) is 52.3. The summed E-state index contributed by atoms with van der Waals surface area (Å²) in [5.41, 5.74) is -1.26.